The summed E-state index contributed by atoms with van der Waals surface area (Å²) in [5, 5.41) is 4.56. The van der Waals surface area contributed by atoms with Crippen molar-refractivity contribution in [2.24, 2.45) is 4.99 Å². The number of benzene rings is 4. The number of nitrogen functional groups attached to an aromatic ring is 1. The van der Waals surface area contributed by atoms with E-state index in [-0.39, 0.29) is 0 Å². The number of isocyanates is 1. The molecule has 2 amide bonds. The highest BCUT2D eigenvalue weighted by Gasteiger charge is 2.32. The number of alkyl halides is 6. The van der Waals surface area contributed by atoms with Crippen LogP contribution in [0.5, 0.6) is 0 Å². The Labute approximate surface area is 357 Å². The Bertz CT molecular complexity index is 2860. The van der Waals surface area contributed by atoms with Gasteiger partial charge >= 0.3 is 18.4 Å². The molecule has 4 aromatic carbocycles. The van der Waals surface area contributed by atoms with E-state index >= 15 is 0 Å². The predicted molar refractivity (Wildman–Crippen MR) is 221 cm³/mol. The minimum absolute atomic E-state index is 0.365. The first kappa shape index (κ1) is 45.0. The molecule has 4 N–H and O–H groups in total. The van der Waals surface area contributed by atoms with Crippen LogP contribution >= 0.6 is 0 Å². The monoisotopic (exact) mass is 882 g/mol. The molecule has 0 saturated carbocycles. The Morgan fingerprint density at radius 3 is 1.55 bits per heavy atom. The number of halogens is 8. The molecule has 0 aliphatic carbocycles. The summed E-state index contributed by atoms with van der Waals surface area (Å²) in [6.45, 7) is 0. The number of aliphatic imine (C=N–C) groups is 1. The van der Waals surface area contributed by atoms with E-state index in [4.69, 9.17) is 5.73 Å². The Morgan fingerprint density at radius 1 is 0.594 bits per heavy atom. The van der Waals surface area contributed by atoms with Gasteiger partial charge < -0.3 is 16.4 Å². The molecule has 12 nitrogen and oxygen atoms in total. The van der Waals surface area contributed by atoms with E-state index in [1.54, 1.807) is 67.6 Å². The van der Waals surface area contributed by atoms with Crippen molar-refractivity contribution >= 4 is 34.9 Å². The zero-order valence-electron chi connectivity index (χ0n) is 32.6. The van der Waals surface area contributed by atoms with Crippen molar-refractivity contribution in [3.05, 3.63) is 182 Å². The van der Waals surface area contributed by atoms with Gasteiger partial charge in [0.15, 0.2) is 0 Å². The highest BCUT2D eigenvalue weighted by Crippen LogP contribution is 2.33. The highest BCUT2D eigenvalue weighted by atomic mass is 19.4. The molecule has 0 fully saturated rings. The average Bonchev–Trinajstić information content (AvgIpc) is 3.98. The predicted octanol–water partition coefficient (Wildman–Crippen LogP) is 11.1. The summed E-state index contributed by atoms with van der Waals surface area (Å²) in [5.41, 5.74) is 7.15. The Balaban J connectivity index is 0.000000178. The second-order valence-electron chi connectivity index (χ2n) is 13.0. The largest absolute Gasteiger partial charge is 0.416 e. The van der Waals surface area contributed by atoms with E-state index in [1.165, 1.54) is 0 Å². The lowest BCUT2D eigenvalue weighted by Gasteiger charge is -2.12. The number of hydrogen-bond acceptors (Lipinski definition) is 8. The SMILES string of the molecule is Nc1ccc(-n2ccnc2-c2ccncc2)cc1.O=C(Nc1ccc(-n2ccnc2-c2ccncc2)cc1)Nc1cc(C(F)(F)F)ccc1F.O=C=Nc1cc(C(F)(F)F)ccc1F. The molecule has 0 aliphatic heterocycles. The standard InChI is InChI=1S/C22H15F4N5O.C14H12N4.C8H3F4NO/c23-18-6-1-15(22(24,25)26)13-19(18)30-21(32)29-16-2-4-17(5-3-16)31-12-11-28-20(31)14-7-9-27-10-8-14;15-12-1-3-13(4-2-12)18-10-9-17-14(18)11-5-7-16-8-6-11;9-6-2-1-5(8(10,11)12)3-7(6)13-4-14/h1-13H,(H2,29,30,32);1-10H,15H2;1-3H. The molecule has 8 rings (SSSR count). The number of amides is 2. The minimum atomic E-state index is -4.65. The number of nitrogens with zero attached hydrogens (tertiary/aromatic N) is 7. The van der Waals surface area contributed by atoms with Crippen LogP contribution in [0.3, 0.4) is 0 Å². The lowest BCUT2D eigenvalue weighted by atomic mass is 10.2. The first-order chi connectivity index (χ1) is 30.6. The number of urea groups is 1. The molecule has 20 heteroatoms. The second kappa shape index (κ2) is 19.9. The molecule has 0 unspecified atom stereocenters. The summed E-state index contributed by atoms with van der Waals surface area (Å²) in [6, 6.07) is 24.4. The molecule has 324 valence electrons. The molecule has 0 atom stereocenters. The van der Waals surface area contributed by atoms with Gasteiger partial charge in [-0.15, -0.1) is 0 Å². The molecule has 64 heavy (non-hydrogen) atoms. The third-order valence-corrected chi connectivity index (χ3v) is 8.71. The average molecular weight is 883 g/mol. The maximum atomic E-state index is 13.8. The van der Waals surface area contributed by atoms with Crippen molar-refractivity contribution in [2.75, 3.05) is 16.4 Å². The van der Waals surface area contributed by atoms with Crippen molar-refractivity contribution in [1.29, 1.82) is 0 Å². The van der Waals surface area contributed by atoms with Gasteiger partial charge in [0.2, 0.25) is 6.08 Å². The number of hydrogen-bond donors (Lipinski definition) is 3. The van der Waals surface area contributed by atoms with Crippen LogP contribution in [0, 0.1) is 11.6 Å². The molecular weight excluding hydrogens is 853 g/mol. The fourth-order valence-electron chi connectivity index (χ4n) is 5.70. The summed E-state index contributed by atoms with van der Waals surface area (Å²) in [5.74, 6) is -0.387. The van der Waals surface area contributed by atoms with Gasteiger partial charge in [-0.2, -0.15) is 31.3 Å². The molecule has 0 bridgehead atoms. The first-order valence-corrected chi connectivity index (χ1v) is 18.3. The number of aromatic nitrogens is 6. The molecule has 8 aromatic rings. The van der Waals surface area contributed by atoms with E-state index in [0.29, 0.717) is 47.9 Å². The third kappa shape index (κ3) is 11.6. The number of nitrogens with two attached hydrogens (primary N) is 1. The van der Waals surface area contributed by atoms with Gasteiger partial charge in [0.25, 0.3) is 0 Å². The Hall–Kier alpha value is -8.51. The van der Waals surface area contributed by atoms with E-state index in [9.17, 15) is 44.7 Å². The van der Waals surface area contributed by atoms with Gasteiger partial charge in [-0.05, 0) is 109 Å². The van der Waals surface area contributed by atoms with Crippen molar-refractivity contribution < 1.29 is 44.7 Å². The summed E-state index contributed by atoms with van der Waals surface area (Å²) in [6.07, 6.45) is 5.72. The number of imidazole rings is 2. The number of nitrogens with one attached hydrogen (secondary N) is 2. The van der Waals surface area contributed by atoms with E-state index in [2.05, 4.69) is 35.6 Å². The quantitative estimate of drug-likeness (QED) is 0.0622. The molecule has 4 aromatic heterocycles. The maximum absolute atomic E-state index is 13.8. The van der Waals surface area contributed by atoms with E-state index in [0.717, 1.165) is 40.1 Å². The second-order valence-corrected chi connectivity index (χ2v) is 13.0. The Morgan fingerprint density at radius 2 is 1.06 bits per heavy atom. The van der Waals surface area contributed by atoms with Gasteiger partial charge in [-0.1, -0.05) is 0 Å². The molecule has 4 heterocycles. The molecule has 0 spiro atoms. The van der Waals surface area contributed by atoms with Crippen molar-refractivity contribution in [2.45, 2.75) is 12.4 Å². The number of carbonyl (C=O) groups is 1. The number of pyridine rings is 2. The van der Waals surface area contributed by atoms with Gasteiger partial charge in [-0.25, -0.2) is 28.3 Å². The summed E-state index contributed by atoms with van der Waals surface area (Å²) in [4.78, 5) is 41.4. The van der Waals surface area contributed by atoms with Crippen molar-refractivity contribution in [3.8, 4) is 34.2 Å². The topological polar surface area (TPSA) is 158 Å². The molecule has 0 aliphatic rings. The van der Waals surface area contributed by atoms with Crippen LogP contribution in [0.15, 0.2) is 164 Å². The van der Waals surface area contributed by atoms with E-state index < -0.39 is 52.5 Å². The Kier molecular flexibility index (Phi) is 14.0. The van der Waals surface area contributed by atoms with Crippen LogP contribution in [0.25, 0.3) is 34.2 Å². The van der Waals surface area contributed by atoms with Crippen LogP contribution < -0.4 is 16.4 Å². The lowest BCUT2D eigenvalue weighted by molar-refractivity contribution is -0.138. The zero-order valence-corrected chi connectivity index (χ0v) is 32.6. The van der Waals surface area contributed by atoms with Gasteiger partial charge in [-0.3, -0.25) is 19.1 Å². The number of carbonyl (C=O) groups excluding carboxylic acids is 2. The minimum Gasteiger partial charge on any atom is -0.399 e. The number of anilines is 3. The smallest absolute Gasteiger partial charge is 0.399 e. The molecule has 0 saturated heterocycles. The summed E-state index contributed by atoms with van der Waals surface area (Å²) < 4.78 is 105. The van der Waals surface area contributed by atoms with Gasteiger partial charge in [0.1, 0.15) is 29.0 Å². The van der Waals surface area contributed by atoms with E-state index in [1.807, 2.05) is 63.9 Å². The van der Waals surface area contributed by atoms with Crippen LogP contribution in [-0.4, -0.2) is 41.2 Å². The fraction of sp³-hybridized carbons (Fsp3) is 0.0455. The fourth-order valence-corrected chi connectivity index (χ4v) is 5.70. The van der Waals surface area contributed by atoms with Gasteiger partial charge in [0, 0.05) is 83.5 Å². The van der Waals surface area contributed by atoms with Crippen LogP contribution in [0.4, 0.5) is 62.7 Å². The number of rotatable bonds is 7. The molecular formula is C44H30F8N10O2. The zero-order chi connectivity index (χ0) is 45.9. The van der Waals surface area contributed by atoms with Crippen molar-refractivity contribution in [3.63, 3.8) is 0 Å². The third-order valence-electron chi connectivity index (χ3n) is 8.71. The van der Waals surface area contributed by atoms with Gasteiger partial charge in [0.05, 0.1) is 16.8 Å². The lowest BCUT2D eigenvalue weighted by Crippen LogP contribution is -2.20. The molecule has 0 radical (unpaired) electrons. The highest BCUT2D eigenvalue weighted by molar-refractivity contribution is 6.00. The maximum Gasteiger partial charge on any atom is 0.416 e. The first-order valence-electron chi connectivity index (χ1n) is 18.3. The normalized spacial score (nSPS) is 10.9. The van der Waals surface area contributed by atoms with Crippen LogP contribution in [0.1, 0.15) is 11.1 Å². The van der Waals surface area contributed by atoms with Crippen LogP contribution in [0.2, 0.25) is 0 Å². The summed E-state index contributed by atoms with van der Waals surface area (Å²) in [7, 11) is 0. The summed E-state index contributed by atoms with van der Waals surface area (Å²) >= 11 is 0. The van der Waals surface area contributed by atoms with Crippen molar-refractivity contribution in [1.82, 2.24) is 29.1 Å². The van der Waals surface area contributed by atoms with Crippen LogP contribution in [-0.2, 0) is 17.1 Å².